The van der Waals surface area contributed by atoms with Crippen molar-refractivity contribution in [2.45, 2.75) is 13.1 Å². The average molecular weight is 405 g/mol. The first-order valence-electron chi connectivity index (χ1n) is 8.61. The maximum atomic E-state index is 12.0. The Balaban J connectivity index is 0.00000261. The van der Waals surface area contributed by atoms with E-state index >= 15 is 0 Å². The van der Waals surface area contributed by atoms with Gasteiger partial charge in [-0.2, -0.15) is 0 Å². The number of nitrogens with zero attached hydrogens (tertiary/aromatic N) is 2. The van der Waals surface area contributed by atoms with Crippen molar-refractivity contribution < 1.29 is 34.7 Å². The van der Waals surface area contributed by atoms with E-state index in [0.717, 1.165) is 0 Å². The van der Waals surface area contributed by atoms with Crippen LogP contribution in [-0.4, -0.2) is 88.8 Å². The highest BCUT2D eigenvalue weighted by molar-refractivity contribution is 5.94. The van der Waals surface area contributed by atoms with Crippen molar-refractivity contribution in [1.29, 1.82) is 0 Å². The molecule has 2 heterocycles. The van der Waals surface area contributed by atoms with Crippen LogP contribution in [-0.2, 0) is 22.6 Å². The molecule has 0 radical (unpaired) electrons. The van der Waals surface area contributed by atoms with E-state index in [1.807, 2.05) is 9.80 Å². The van der Waals surface area contributed by atoms with Crippen LogP contribution in [0.3, 0.4) is 0 Å². The molecule has 27 heavy (non-hydrogen) atoms. The highest BCUT2D eigenvalue weighted by Crippen LogP contribution is 2.44. The van der Waals surface area contributed by atoms with Gasteiger partial charge in [0.25, 0.3) is 0 Å². The lowest BCUT2D eigenvalue weighted by Gasteiger charge is -2.30. The second-order valence-corrected chi connectivity index (χ2v) is 6.46. The number of carboxylic acids is 1. The van der Waals surface area contributed by atoms with Gasteiger partial charge in [0, 0.05) is 50.4 Å². The summed E-state index contributed by atoms with van der Waals surface area (Å²) in [4.78, 5) is 15.8. The van der Waals surface area contributed by atoms with Crippen LogP contribution in [0.2, 0.25) is 0 Å². The van der Waals surface area contributed by atoms with Gasteiger partial charge in [0.15, 0.2) is 11.5 Å². The third-order valence-corrected chi connectivity index (χ3v) is 4.81. The Hall–Kier alpha value is -1.78. The number of halogens is 1. The van der Waals surface area contributed by atoms with E-state index in [1.165, 1.54) is 0 Å². The molecular weight excluding hydrogens is 380 g/mol. The van der Waals surface area contributed by atoms with Gasteiger partial charge in [0.05, 0.1) is 32.0 Å². The SMILES string of the molecule is Cl.O=C(O)c1c(CN2CCOCC2)c(O)c(O)c(O)c1CN1CCOCC1. The zero-order valence-electron chi connectivity index (χ0n) is 14.9. The Morgan fingerprint density at radius 1 is 0.778 bits per heavy atom. The molecule has 10 heteroatoms. The fourth-order valence-electron chi connectivity index (χ4n) is 3.35. The van der Waals surface area contributed by atoms with Crippen molar-refractivity contribution >= 4 is 18.4 Å². The molecule has 0 saturated carbocycles. The maximum Gasteiger partial charge on any atom is 0.336 e. The van der Waals surface area contributed by atoms with Gasteiger partial charge in [-0.1, -0.05) is 0 Å². The van der Waals surface area contributed by atoms with Gasteiger partial charge in [-0.15, -0.1) is 12.4 Å². The van der Waals surface area contributed by atoms with Gasteiger partial charge < -0.3 is 29.9 Å². The maximum absolute atomic E-state index is 12.0. The number of aromatic hydroxyl groups is 3. The molecule has 1 aromatic carbocycles. The van der Waals surface area contributed by atoms with Crippen molar-refractivity contribution in [3.8, 4) is 17.2 Å². The molecule has 0 unspecified atom stereocenters. The van der Waals surface area contributed by atoms with Gasteiger partial charge in [-0.05, 0) is 0 Å². The third kappa shape index (κ3) is 4.74. The Bertz CT molecular complexity index is 627. The van der Waals surface area contributed by atoms with Gasteiger partial charge >= 0.3 is 5.97 Å². The molecule has 0 aromatic heterocycles. The van der Waals surface area contributed by atoms with Crippen molar-refractivity contribution in [3.05, 3.63) is 16.7 Å². The molecule has 2 aliphatic heterocycles. The van der Waals surface area contributed by atoms with Crippen LogP contribution in [0.4, 0.5) is 0 Å². The number of hydrogen-bond donors (Lipinski definition) is 4. The summed E-state index contributed by atoms with van der Waals surface area (Å²) in [5.41, 5.74) is 0.0618. The molecule has 2 aliphatic rings. The number of benzene rings is 1. The zero-order chi connectivity index (χ0) is 18.7. The molecule has 0 bridgehead atoms. The molecule has 3 rings (SSSR count). The van der Waals surface area contributed by atoms with Crippen LogP contribution in [0.25, 0.3) is 0 Å². The van der Waals surface area contributed by atoms with E-state index in [9.17, 15) is 25.2 Å². The summed E-state index contributed by atoms with van der Waals surface area (Å²) in [6.07, 6.45) is 0. The van der Waals surface area contributed by atoms with Gasteiger partial charge in [-0.25, -0.2) is 4.79 Å². The molecule has 2 fully saturated rings. The largest absolute Gasteiger partial charge is 0.504 e. The molecule has 1 aromatic rings. The molecule has 2 saturated heterocycles. The molecule has 9 nitrogen and oxygen atoms in total. The second kappa shape index (κ2) is 9.43. The topological polar surface area (TPSA) is 123 Å². The lowest BCUT2D eigenvalue weighted by molar-refractivity contribution is 0.0323. The molecule has 0 aliphatic carbocycles. The normalized spacial score (nSPS) is 18.8. The molecule has 152 valence electrons. The summed E-state index contributed by atoms with van der Waals surface area (Å²) in [5.74, 6) is -3.10. The first-order valence-corrected chi connectivity index (χ1v) is 8.61. The summed E-state index contributed by atoms with van der Waals surface area (Å²) in [5, 5.41) is 40.5. The van der Waals surface area contributed by atoms with Crippen LogP contribution >= 0.6 is 12.4 Å². The molecule has 0 spiro atoms. The monoisotopic (exact) mass is 404 g/mol. The van der Waals surface area contributed by atoms with E-state index in [-0.39, 0.29) is 42.2 Å². The standard InChI is InChI=1S/C17H24N2O7.ClH/c20-14-11(9-18-1-5-25-6-2-18)13(17(23)24)12(15(21)16(14)22)10-19-3-7-26-8-4-19;/h20-22H,1-10H2,(H,23,24);1H. The first-order chi connectivity index (χ1) is 12.5. The number of morpholine rings is 2. The zero-order valence-corrected chi connectivity index (χ0v) is 15.7. The van der Waals surface area contributed by atoms with Crippen LogP contribution in [0, 0.1) is 0 Å². The lowest BCUT2D eigenvalue weighted by atomic mass is 9.96. The molecule has 0 atom stereocenters. The second-order valence-electron chi connectivity index (χ2n) is 6.46. The van der Waals surface area contributed by atoms with Crippen molar-refractivity contribution in [2.75, 3.05) is 52.6 Å². The van der Waals surface area contributed by atoms with E-state index in [0.29, 0.717) is 52.6 Å². The van der Waals surface area contributed by atoms with E-state index in [4.69, 9.17) is 9.47 Å². The number of ether oxygens (including phenoxy) is 2. The lowest BCUT2D eigenvalue weighted by Crippen LogP contribution is -2.37. The quantitative estimate of drug-likeness (QED) is 0.522. The van der Waals surface area contributed by atoms with Crippen LogP contribution in [0.5, 0.6) is 17.2 Å². The summed E-state index contributed by atoms with van der Waals surface area (Å²) < 4.78 is 10.6. The number of aromatic carboxylic acids is 1. The molecular formula is C17H25ClN2O7. The van der Waals surface area contributed by atoms with Crippen LogP contribution < -0.4 is 0 Å². The van der Waals surface area contributed by atoms with Crippen LogP contribution in [0.15, 0.2) is 0 Å². The molecule has 0 amide bonds. The highest BCUT2D eigenvalue weighted by Gasteiger charge is 2.30. The summed E-state index contributed by atoms with van der Waals surface area (Å²) in [6.45, 7) is 4.78. The summed E-state index contributed by atoms with van der Waals surface area (Å²) in [7, 11) is 0. The third-order valence-electron chi connectivity index (χ3n) is 4.81. The van der Waals surface area contributed by atoms with Crippen molar-refractivity contribution in [3.63, 3.8) is 0 Å². The summed E-state index contributed by atoms with van der Waals surface area (Å²) in [6, 6.07) is 0. The number of carbonyl (C=O) groups is 1. The van der Waals surface area contributed by atoms with Crippen LogP contribution in [0.1, 0.15) is 21.5 Å². The van der Waals surface area contributed by atoms with Gasteiger partial charge in [-0.3, -0.25) is 9.80 Å². The fourth-order valence-corrected chi connectivity index (χ4v) is 3.35. The fraction of sp³-hybridized carbons (Fsp3) is 0.588. The molecule has 4 N–H and O–H groups in total. The van der Waals surface area contributed by atoms with Gasteiger partial charge in [0.1, 0.15) is 0 Å². The number of carboxylic acid groups (broad SMARTS) is 1. The smallest absolute Gasteiger partial charge is 0.336 e. The Morgan fingerprint density at radius 2 is 1.15 bits per heavy atom. The number of hydrogen-bond acceptors (Lipinski definition) is 8. The number of phenolic OH excluding ortho intramolecular Hbond substituents is 3. The highest BCUT2D eigenvalue weighted by atomic mass is 35.5. The number of phenols is 3. The predicted molar refractivity (Wildman–Crippen MR) is 97.8 cm³/mol. The Morgan fingerprint density at radius 3 is 1.48 bits per heavy atom. The van der Waals surface area contributed by atoms with E-state index in [1.54, 1.807) is 0 Å². The minimum Gasteiger partial charge on any atom is -0.504 e. The van der Waals surface area contributed by atoms with E-state index < -0.39 is 23.2 Å². The van der Waals surface area contributed by atoms with Gasteiger partial charge in [0.2, 0.25) is 5.75 Å². The number of rotatable bonds is 5. The summed E-state index contributed by atoms with van der Waals surface area (Å²) >= 11 is 0. The van der Waals surface area contributed by atoms with Crippen molar-refractivity contribution in [1.82, 2.24) is 9.80 Å². The Labute approximate surface area is 163 Å². The van der Waals surface area contributed by atoms with E-state index in [2.05, 4.69) is 0 Å². The predicted octanol–water partition coefficient (Wildman–Crippen LogP) is 0.588. The Kier molecular flexibility index (Phi) is 7.51. The average Bonchev–Trinajstić information content (AvgIpc) is 2.65. The first kappa shape index (κ1) is 21.5. The minimum absolute atomic E-state index is 0. The van der Waals surface area contributed by atoms with Crippen molar-refractivity contribution in [2.24, 2.45) is 0 Å². The minimum atomic E-state index is -1.25.